The molecule has 1 amide bonds. The van der Waals surface area contributed by atoms with Gasteiger partial charge in [0.1, 0.15) is 8.07 Å². The summed E-state index contributed by atoms with van der Waals surface area (Å²) in [7, 11) is -1.69. The quantitative estimate of drug-likeness (QED) is 0.177. The molecule has 3 N–H and O–H groups in total. The number of ketones is 1. The molecule has 0 bridgehead atoms. The van der Waals surface area contributed by atoms with Crippen molar-refractivity contribution in [1.82, 2.24) is 10.9 Å². The van der Waals surface area contributed by atoms with Crippen molar-refractivity contribution >= 4 is 48.7 Å². The molecule has 5 nitrogen and oxygen atoms in total. The minimum absolute atomic E-state index is 0.0815. The average Bonchev–Trinajstić information content (AvgIpc) is 3.54. The van der Waals surface area contributed by atoms with E-state index in [-0.39, 0.29) is 22.4 Å². The van der Waals surface area contributed by atoms with Gasteiger partial charge in [0.05, 0.1) is 5.69 Å². The summed E-state index contributed by atoms with van der Waals surface area (Å²) < 4.78 is 39.8. The largest absolute Gasteiger partial charge is 0.426 e. The van der Waals surface area contributed by atoms with Crippen LogP contribution in [0.25, 0.3) is 0 Å². The van der Waals surface area contributed by atoms with E-state index < -0.39 is 36.4 Å². The Balaban J connectivity index is 1.98. The highest BCUT2D eigenvalue weighted by Crippen LogP contribution is 2.42. The van der Waals surface area contributed by atoms with Gasteiger partial charge in [-0.3, -0.25) is 9.59 Å². The highest BCUT2D eigenvalue weighted by molar-refractivity contribution is 6.83. The lowest BCUT2D eigenvalue weighted by Gasteiger charge is -2.16. The van der Waals surface area contributed by atoms with Gasteiger partial charge in [-0.25, -0.2) is 10.9 Å². The maximum absolute atomic E-state index is 13.3. The van der Waals surface area contributed by atoms with Crippen LogP contribution in [0.5, 0.6) is 0 Å². The third kappa shape index (κ3) is 5.77. The van der Waals surface area contributed by atoms with Crippen LogP contribution in [0.15, 0.2) is 42.5 Å². The molecule has 1 aliphatic rings. The van der Waals surface area contributed by atoms with Crippen molar-refractivity contribution in [1.29, 1.82) is 0 Å². The maximum Gasteiger partial charge on any atom is 0.426 e. The van der Waals surface area contributed by atoms with E-state index in [1.807, 2.05) is 0 Å². The van der Waals surface area contributed by atoms with Crippen molar-refractivity contribution in [3.63, 3.8) is 0 Å². The predicted octanol–water partition coefficient (Wildman–Crippen LogP) is 4.71. The Morgan fingerprint density at radius 1 is 1.06 bits per heavy atom. The first-order valence-electron chi connectivity index (χ1n) is 9.76. The summed E-state index contributed by atoms with van der Waals surface area (Å²) in [4.78, 5) is 23.9. The summed E-state index contributed by atoms with van der Waals surface area (Å²) in [5, 5.41) is 2.49. The fraction of sp³-hybridized carbons (Fsp3) is 0.273. The van der Waals surface area contributed by atoms with Crippen molar-refractivity contribution in [2.45, 2.75) is 36.3 Å². The highest BCUT2D eigenvalue weighted by Gasteiger charge is 2.65. The molecule has 0 radical (unpaired) electrons. The summed E-state index contributed by atoms with van der Waals surface area (Å²) in [5.41, 5.74) is 5.99. The number of anilines is 1. The molecule has 33 heavy (non-hydrogen) atoms. The summed E-state index contributed by atoms with van der Waals surface area (Å²) in [6, 6.07) is 9.72. The van der Waals surface area contributed by atoms with Gasteiger partial charge in [0.25, 0.3) is 5.91 Å². The van der Waals surface area contributed by atoms with Crippen molar-refractivity contribution in [3.8, 4) is 11.5 Å². The van der Waals surface area contributed by atoms with E-state index in [0.29, 0.717) is 5.56 Å². The second-order valence-electron chi connectivity index (χ2n) is 8.45. The van der Waals surface area contributed by atoms with Crippen molar-refractivity contribution in [2.24, 2.45) is 0 Å². The van der Waals surface area contributed by atoms with Gasteiger partial charge in [0, 0.05) is 16.7 Å². The van der Waals surface area contributed by atoms with Crippen LogP contribution >= 0.6 is 23.2 Å². The summed E-state index contributed by atoms with van der Waals surface area (Å²) >= 11 is 11.2. The predicted molar refractivity (Wildman–Crippen MR) is 125 cm³/mol. The minimum atomic E-state index is -4.56. The molecule has 0 saturated carbocycles. The highest BCUT2D eigenvalue weighted by atomic mass is 35.5. The summed E-state index contributed by atoms with van der Waals surface area (Å²) in [5.74, 6) is 1.81. The van der Waals surface area contributed by atoms with E-state index >= 15 is 0 Å². The number of hydrogen-bond acceptors (Lipinski definition) is 4. The minimum Gasteiger partial charge on any atom is -0.323 e. The first-order chi connectivity index (χ1) is 15.2. The molecule has 1 fully saturated rings. The fourth-order valence-corrected chi connectivity index (χ4v) is 3.53. The van der Waals surface area contributed by atoms with Crippen LogP contribution in [0.4, 0.5) is 18.9 Å². The van der Waals surface area contributed by atoms with Gasteiger partial charge in [0.2, 0.25) is 5.66 Å². The van der Waals surface area contributed by atoms with Crippen molar-refractivity contribution in [2.75, 3.05) is 5.32 Å². The number of carbonyl (C=O) groups is 2. The first kappa shape index (κ1) is 25.3. The number of alkyl halides is 5. The normalized spacial score (nSPS) is 14.9. The smallest absolute Gasteiger partial charge is 0.323 e. The molecule has 0 atom stereocenters. The number of halogens is 5. The van der Waals surface area contributed by atoms with Crippen LogP contribution in [0.2, 0.25) is 19.6 Å². The third-order valence-corrected chi connectivity index (χ3v) is 5.95. The third-order valence-electron chi connectivity index (χ3n) is 4.68. The van der Waals surface area contributed by atoms with Crippen LogP contribution < -0.4 is 16.2 Å². The molecule has 0 unspecified atom stereocenters. The molecule has 0 aliphatic carbocycles. The molecule has 2 aromatic carbocycles. The molecule has 1 heterocycles. The van der Waals surface area contributed by atoms with Crippen LogP contribution in [0.3, 0.4) is 0 Å². The maximum atomic E-state index is 13.3. The zero-order valence-corrected chi connectivity index (χ0v) is 20.3. The number of hydrazine groups is 1. The van der Waals surface area contributed by atoms with Gasteiger partial charge in [-0.1, -0.05) is 73.0 Å². The molecular weight excluding hydrogens is 494 g/mol. The molecule has 0 aromatic heterocycles. The van der Waals surface area contributed by atoms with Gasteiger partial charge >= 0.3 is 6.18 Å². The monoisotopic (exact) mass is 513 g/mol. The lowest BCUT2D eigenvalue weighted by atomic mass is 9.96. The Morgan fingerprint density at radius 3 is 2.15 bits per heavy atom. The second-order valence-corrected chi connectivity index (χ2v) is 14.3. The standard InChI is InChI=1S/C22H20Cl2F3N3O2Si/c1-33(2,3)11-10-13-4-9-17(28-20(32)19(23)24)16(12-13)18(31)14-5-7-15(8-6-14)21(29-30-21)22(25,26)27/h4-9,12,19,29-30H,1-3H3,(H,28,32). The molecule has 1 saturated heterocycles. The van der Waals surface area contributed by atoms with E-state index in [1.54, 1.807) is 6.07 Å². The van der Waals surface area contributed by atoms with E-state index in [2.05, 4.69) is 47.3 Å². The fourth-order valence-electron chi connectivity index (χ4n) is 2.91. The Morgan fingerprint density at radius 2 is 1.67 bits per heavy atom. The van der Waals surface area contributed by atoms with Crippen molar-refractivity contribution < 1.29 is 22.8 Å². The summed E-state index contributed by atoms with van der Waals surface area (Å²) in [6.07, 6.45) is -4.56. The van der Waals surface area contributed by atoms with Crippen LogP contribution in [-0.4, -0.2) is 30.8 Å². The Kier molecular flexibility index (Phi) is 6.99. The van der Waals surface area contributed by atoms with Gasteiger partial charge in [-0.2, -0.15) is 13.2 Å². The zero-order valence-electron chi connectivity index (χ0n) is 17.8. The van der Waals surface area contributed by atoms with Crippen LogP contribution in [-0.2, 0) is 10.5 Å². The number of amides is 1. The first-order valence-corrected chi connectivity index (χ1v) is 14.1. The number of rotatable bonds is 5. The Hall–Kier alpha value is -2.35. The van der Waals surface area contributed by atoms with E-state index in [4.69, 9.17) is 23.2 Å². The van der Waals surface area contributed by atoms with Crippen LogP contribution in [0, 0.1) is 11.5 Å². The second kappa shape index (κ2) is 9.12. The lowest BCUT2D eigenvalue weighted by Crippen LogP contribution is -2.34. The summed E-state index contributed by atoms with van der Waals surface area (Å²) in [6.45, 7) is 6.21. The van der Waals surface area contributed by atoms with Gasteiger partial charge in [-0.15, -0.1) is 5.54 Å². The molecule has 1 aliphatic heterocycles. The van der Waals surface area contributed by atoms with E-state index in [9.17, 15) is 22.8 Å². The number of benzene rings is 2. The topological polar surface area (TPSA) is 90.0 Å². The molecule has 3 rings (SSSR count). The molecule has 174 valence electrons. The molecule has 2 aromatic rings. The van der Waals surface area contributed by atoms with E-state index in [1.165, 1.54) is 36.4 Å². The zero-order chi connectivity index (χ0) is 24.6. The van der Waals surface area contributed by atoms with Crippen molar-refractivity contribution in [3.05, 3.63) is 64.7 Å². The van der Waals surface area contributed by atoms with Crippen LogP contribution in [0.1, 0.15) is 27.0 Å². The average molecular weight is 514 g/mol. The Bertz CT molecular complexity index is 1150. The molecule has 11 heteroatoms. The van der Waals surface area contributed by atoms with Gasteiger partial charge in [-0.05, 0) is 23.8 Å². The number of nitrogens with one attached hydrogen (secondary N) is 3. The SMILES string of the molecule is C[Si](C)(C)C#Cc1ccc(NC(=O)C(Cl)Cl)c(C(=O)c2ccc(C3(C(F)(F)F)NN3)cc2)c1. The number of hydrogen-bond donors (Lipinski definition) is 3. The Labute approximate surface area is 200 Å². The van der Waals surface area contributed by atoms with Gasteiger partial charge < -0.3 is 5.32 Å². The van der Waals surface area contributed by atoms with Gasteiger partial charge in [0.15, 0.2) is 10.6 Å². The molecule has 0 spiro atoms. The molecular formula is C22H20Cl2F3N3O2Si. The number of carbonyl (C=O) groups excluding carboxylic acids is 2. The lowest BCUT2D eigenvalue weighted by molar-refractivity contribution is -0.165. The van der Waals surface area contributed by atoms with E-state index in [0.717, 1.165) is 0 Å².